The van der Waals surface area contributed by atoms with E-state index in [1.807, 2.05) is 0 Å². The molecule has 0 aromatic carbocycles. The number of ether oxygens (including phenoxy) is 1. The number of aromatic amines is 1. The molecular weight excluding hydrogens is 408 g/mol. The maximum atomic E-state index is 15.3. The first-order valence-corrected chi connectivity index (χ1v) is 9.74. The number of nitrogens with zero attached hydrogens (tertiary/aromatic N) is 4. The Hall–Kier alpha value is -3.60. The summed E-state index contributed by atoms with van der Waals surface area (Å²) >= 11 is 0. The topological polar surface area (TPSA) is 108 Å². The van der Waals surface area contributed by atoms with Gasteiger partial charge in [-0.2, -0.15) is 14.4 Å². The summed E-state index contributed by atoms with van der Waals surface area (Å²) in [6.07, 6.45) is 2.60. The first-order chi connectivity index (χ1) is 15.0. The maximum absolute atomic E-state index is 15.3. The third-order valence-electron chi connectivity index (χ3n) is 4.76. The zero-order chi connectivity index (χ0) is 21.8. The third-order valence-corrected chi connectivity index (χ3v) is 4.76. The van der Waals surface area contributed by atoms with Crippen molar-refractivity contribution in [3.8, 4) is 0 Å². The number of H-pyrrole nitrogens is 1. The van der Waals surface area contributed by atoms with Crippen LogP contribution in [0.5, 0.6) is 0 Å². The van der Waals surface area contributed by atoms with Gasteiger partial charge in [-0.1, -0.05) is 0 Å². The van der Waals surface area contributed by atoms with Gasteiger partial charge in [0.2, 0.25) is 11.8 Å². The van der Waals surface area contributed by atoms with E-state index in [9.17, 15) is 9.18 Å². The van der Waals surface area contributed by atoms with E-state index >= 15 is 4.39 Å². The van der Waals surface area contributed by atoms with Crippen LogP contribution in [-0.2, 0) is 4.74 Å². The number of morpholine rings is 1. The fraction of sp³-hybridized carbons (Fsp3) is 0.300. The van der Waals surface area contributed by atoms with Crippen molar-refractivity contribution < 1.29 is 13.5 Å². The maximum Gasteiger partial charge on any atom is 0.271 e. The van der Waals surface area contributed by atoms with E-state index in [-0.39, 0.29) is 28.8 Å². The highest BCUT2D eigenvalue weighted by atomic mass is 19.1. The average Bonchev–Trinajstić information content (AvgIpc) is 2.78. The van der Waals surface area contributed by atoms with Gasteiger partial charge >= 0.3 is 0 Å². The zero-order valence-corrected chi connectivity index (χ0v) is 16.7. The Morgan fingerprint density at radius 1 is 1.19 bits per heavy atom. The summed E-state index contributed by atoms with van der Waals surface area (Å²) in [7, 11) is 0. The van der Waals surface area contributed by atoms with Crippen molar-refractivity contribution in [3.05, 3.63) is 64.3 Å². The first kappa shape index (κ1) is 20.7. The number of aromatic nitrogens is 4. The van der Waals surface area contributed by atoms with E-state index in [1.54, 1.807) is 24.0 Å². The number of rotatable bonds is 6. The summed E-state index contributed by atoms with van der Waals surface area (Å²) in [5, 5.41) is 5.82. The lowest BCUT2D eigenvalue weighted by Gasteiger charge is -2.29. The summed E-state index contributed by atoms with van der Waals surface area (Å²) < 4.78 is 33.9. The molecule has 1 saturated heterocycles. The van der Waals surface area contributed by atoms with Crippen LogP contribution < -0.4 is 21.1 Å². The Labute approximate surface area is 176 Å². The number of halogens is 2. The minimum absolute atomic E-state index is 0.0568. The smallest absolute Gasteiger partial charge is 0.271 e. The Morgan fingerprint density at radius 2 is 2.00 bits per heavy atom. The van der Waals surface area contributed by atoms with Crippen molar-refractivity contribution >= 4 is 23.3 Å². The molecule has 1 atom stereocenters. The summed E-state index contributed by atoms with van der Waals surface area (Å²) in [4.78, 5) is 28.9. The first-order valence-electron chi connectivity index (χ1n) is 9.74. The molecule has 0 saturated carbocycles. The van der Waals surface area contributed by atoms with Gasteiger partial charge in [-0.05, 0) is 31.2 Å². The SMILES string of the molecule is C[C@H](Nc1nc(Nc2ccc[nH]c2=O)nc(N2CCOCC2)c1F)c1ccc(F)cn1. The number of hydrogen-bond acceptors (Lipinski definition) is 8. The minimum Gasteiger partial charge on any atom is -0.378 e. The van der Waals surface area contributed by atoms with E-state index in [1.165, 1.54) is 18.3 Å². The van der Waals surface area contributed by atoms with Gasteiger partial charge in [0.05, 0.1) is 31.1 Å². The van der Waals surface area contributed by atoms with Crippen molar-refractivity contribution in [2.24, 2.45) is 0 Å². The van der Waals surface area contributed by atoms with E-state index < -0.39 is 17.7 Å². The molecule has 3 aromatic rings. The molecule has 0 amide bonds. The lowest BCUT2D eigenvalue weighted by Crippen LogP contribution is -2.37. The lowest BCUT2D eigenvalue weighted by atomic mass is 10.2. The normalized spacial score (nSPS) is 14.9. The Bertz CT molecular complexity index is 1100. The van der Waals surface area contributed by atoms with Crippen LogP contribution in [0, 0.1) is 11.6 Å². The van der Waals surface area contributed by atoms with Gasteiger partial charge in [0.1, 0.15) is 11.5 Å². The monoisotopic (exact) mass is 429 g/mol. The molecule has 4 rings (SSSR count). The van der Waals surface area contributed by atoms with Gasteiger partial charge in [-0.15, -0.1) is 0 Å². The second-order valence-corrected chi connectivity index (χ2v) is 6.94. The van der Waals surface area contributed by atoms with Crippen molar-refractivity contribution in [1.82, 2.24) is 19.9 Å². The summed E-state index contributed by atoms with van der Waals surface area (Å²) in [5.74, 6) is -1.01. The molecular formula is C20H21F2N7O2. The van der Waals surface area contributed by atoms with Gasteiger partial charge in [-0.25, -0.2) is 4.39 Å². The van der Waals surface area contributed by atoms with Crippen molar-refractivity contribution in [2.75, 3.05) is 41.8 Å². The average molecular weight is 429 g/mol. The predicted molar refractivity (Wildman–Crippen MR) is 112 cm³/mol. The Balaban J connectivity index is 1.69. The lowest BCUT2D eigenvalue weighted by molar-refractivity contribution is 0.122. The van der Waals surface area contributed by atoms with E-state index in [0.29, 0.717) is 32.0 Å². The summed E-state index contributed by atoms with van der Waals surface area (Å²) in [5.41, 5.74) is 0.379. The number of pyridine rings is 2. The fourth-order valence-corrected chi connectivity index (χ4v) is 3.13. The quantitative estimate of drug-likeness (QED) is 0.549. The molecule has 162 valence electrons. The molecule has 0 spiro atoms. The predicted octanol–water partition coefficient (Wildman–Crippen LogP) is 2.59. The van der Waals surface area contributed by atoms with E-state index in [4.69, 9.17) is 4.74 Å². The van der Waals surface area contributed by atoms with Crippen LogP contribution in [0.4, 0.5) is 32.1 Å². The number of nitrogens with one attached hydrogen (secondary N) is 3. The second-order valence-electron chi connectivity index (χ2n) is 6.94. The molecule has 1 aliphatic rings. The summed E-state index contributed by atoms with van der Waals surface area (Å²) in [6, 6.07) is 5.55. The molecule has 0 bridgehead atoms. The van der Waals surface area contributed by atoms with Crippen LogP contribution in [0.15, 0.2) is 41.5 Å². The molecule has 3 N–H and O–H groups in total. The van der Waals surface area contributed by atoms with E-state index in [0.717, 1.165) is 6.20 Å². The fourth-order valence-electron chi connectivity index (χ4n) is 3.13. The molecule has 0 unspecified atom stereocenters. The highest BCUT2D eigenvalue weighted by Gasteiger charge is 2.23. The Morgan fingerprint density at radius 3 is 2.71 bits per heavy atom. The molecule has 4 heterocycles. The second kappa shape index (κ2) is 9.04. The van der Waals surface area contributed by atoms with E-state index in [2.05, 4.69) is 30.6 Å². The van der Waals surface area contributed by atoms with Crippen molar-refractivity contribution in [1.29, 1.82) is 0 Å². The van der Waals surface area contributed by atoms with Crippen LogP contribution >= 0.6 is 0 Å². The van der Waals surface area contributed by atoms with Gasteiger partial charge in [0.15, 0.2) is 11.6 Å². The number of anilines is 4. The molecule has 11 heteroatoms. The van der Waals surface area contributed by atoms with Crippen molar-refractivity contribution in [3.63, 3.8) is 0 Å². The molecule has 0 radical (unpaired) electrons. The molecule has 9 nitrogen and oxygen atoms in total. The molecule has 1 aliphatic heterocycles. The zero-order valence-electron chi connectivity index (χ0n) is 16.7. The Kier molecular flexibility index (Phi) is 6.03. The molecule has 3 aromatic heterocycles. The van der Waals surface area contributed by atoms with Crippen LogP contribution in [0.1, 0.15) is 18.7 Å². The van der Waals surface area contributed by atoms with Gasteiger partial charge in [0.25, 0.3) is 5.56 Å². The van der Waals surface area contributed by atoms with Crippen LogP contribution in [0.25, 0.3) is 0 Å². The highest BCUT2D eigenvalue weighted by Crippen LogP contribution is 2.28. The van der Waals surface area contributed by atoms with Gasteiger partial charge in [-0.3, -0.25) is 9.78 Å². The molecule has 1 fully saturated rings. The van der Waals surface area contributed by atoms with Gasteiger partial charge < -0.3 is 25.3 Å². The van der Waals surface area contributed by atoms with Crippen molar-refractivity contribution in [2.45, 2.75) is 13.0 Å². The largest absolute Gasteiger partial charge is 0.378 e. The van der Waals surface area contributed by atoms with Gasteiger partial charge in [0, 0.05) is 19.3 Å². The van der Waals surface area contributed by atoms with Crippen LogP contribution in [0.3, 0.4) is 0 Å². The minimum atomic E-state index is -0.636. The molecule has 31 heavy (non-hydrogen) atoms. The molecule has 0 aliphatic carbocycles. The summed E-state index contributed by atoms with van der Waals surface area (Å²) in [6.45, 7) is 3.58. The highest BCUT2D eigenvalue weighted by molar-refractivity contribution is 5.60. The third kappa shape index (κ3) is 4.77. The van der Waals surface area contributed by atoms with Crippen LogP contribution in [0.2, 0.25) is 0 Å². The van der Waals surface area contributed by atoms with Crippen LogP contribution in [-0.4, -0.2) is 46.2 Å². The standard InChI is InChI=1S/C20H21F2N7O2/c1-12(14-5-4-13(21)11-24-14)25-17-16(22)18(29-7-9-31-10-8-29)28-20(27-17)26-15-3-2-6-23-19(15)30/h2-6,11-12H,7-10H2,1H3,(H,23,30)(H2,25,26,27,28)/t12-/m0/s1. The number of hydrogen-bond donors (Lipinski definition) is 3.